The molecule has 110 valence electrons. The van der Waals surface area contributed by atoms with E-state index in [-0.39, 0.29) is 12.6 Å². The topological polar surface area (TPSA) is 87.5 Å². The van der Waals surface area contributed by atoms with Crippen molar-refractivity contribution in [2.45, 2.75) is 26.3 Å². The monoisotopic (exact) mass is 280 g/mol. The second-order valence-electron chi connectivity index (χ2n) is 5.29. The van der Waals surface area contributed by atoms with Crippen LogP contribution in [-0.4, -0.2) is 44.9 Å². The molecular formula is C13H20N4O3. The molecule has 0 saturated carbocycles. The van der Waals surface area contributed by atoms with Crippen LogP contribution in [0.1, 0.15) is 25.3 Å². The first-order chi connectivity index (χ1) is 9.47. The van der Waals surface area contributed by atoms with Gasteiger partial charge in [-0.1, -0.05) is 6.92 Å². The van der Waals surface area contributed by atoms with E-state index >= 15 is 0 Å². The molecule has 2 amide bonds. The van der Waals surface area contributed by atoms with E-state index in [4.69, 9.17) is 0 Å². The molecule has 1 unspecified atom stereocenters. The number of aliphatic carboxylic acids is 1. The van der Waals surface area contributed by atoms with Crippen molar-refractivity contribution in [2.75, 3.05) is 13.1 Å². The van der Waals surface area contributed by atoms with Crippen molar-refractivity contribution in [1.82, 2.24) is 20.0 Å². The maximum atomic E-state index is 12.0. The average molecular weight is 280 g/mol. The zero-order valence-corrected chi connectivity index (χ0v) is 11.8. The Labute approximate surface area is 117 Å². The number of urea groups is 1. The summed E-state index contributed by atoms with van der Waals surface area (Å²) in [7, 11) is 1.81. The first-order valence-corrected chi connectivity index (χ1v) is 6.70. The molecule has 0 aliphatic carbocycles. The van der Waals surface area contributed by atoms with Gasteiger partial charge in [0.15, 0.2) is 0 Å². The molecule has 1 aromatic heterocycles. The lowest BCUT2D eigenvalue weighted by molar-refractivity contribution is -0.148. The number of amides is 2. The maximum Gasteiger partial charge on any atom is 0.317 e. The first-order valence-electron chi connectivity index (χ1n) is 6.70. The van der Waals surface area contributed by atoms with E-state index in [1.165, 1.54) is 0 Å². The second kappa shape index (κ2) is 5.52. The number of hydrogen-bond acceptors (Lipinski definition) is 3. The van der Waals surface area contributed by atoms with Gasteiger partial charge in [0.2, 0.25) is 0 Å². The summed E-state index contributed by atoms with van der Waals surface area (Å²) in [5, 5.41) is 16.1. The third-order valence-corrected chi connectivity index (χ3v) is 3.97. The Bertz CT molecular complexity index is 513. The standard InChI is InChI=1S/C13H20N4O3/c1-3-13(11(18)19)4-5-17(9-13)12(20)14-6-10-7-15-16(2)8-10/h7-8H,3-6,9H2,1-2H3,(H,14,20)(H,18,19). The van der Waals surface area contributed by atoms with E-state index in [1.807, 2.05) is 20.2 Å². The normalized spacial score (nSPS) is 22.0. The summed E-state index contributed by atoms with van der Waals surface area (Å²) in [6.45, 7) is 3.01. The van der Waals surface area contributed by atoms with E-state index in [9.17, 15) is 14.7 Å². The first kappa shape index (κ1) is 14.4. The number of carbonyl (C=O) groups is 2. The summed E-state index contributed by atoms with van der Waals surface area (Å²) in [6.07, 6.45) is 4.57. The van der Waals surface area contributed by atoms with Crippen molar-refractivity contribution >= 4 is 12.0 Å². The van der Waals surface area contributed by atoms with Gasteiger partial charge in [-0.2, -0.15) is 5.10 Å². The number of aryl methyl sites for hydroxylation is 1. The van der Waals surface area contributed by atoms with Crippen LogP contribution in [0.5, 0.6) is 0 Å². The highest BCUT2D eigenvalue weighted by Gasteiger charge is 2.44. The number of likely N-dealkylation sites (tertiary alicyclic amines) is 1. The van der Waals surface area contributed by atoms with Crippen molar-refractivity contribution in [2.24, 2.45) is 12.5 Å². The Balaban J connectivity index is 1.90. The smallest absolute Gasteiger partial charge is 0.317 e. The Morgan fingerprint density at radius 2 is 2.30 bits per heavy atom. The van der Waals surface area contributed by atoms with Crippen LogP contribution in [0.3, 0.4) is 0 Å². The number of rotatable bonds is 4. The predicted molar refractivity (Wildman–Crippen MR) is 72.0 cm³/mol. The van der Waals surface area contributed by atoms with Gasteiger partial charge in [-0.05, 0) is 12.8 Å². The molecule has 1 aliphatic rings. The lowest BCUT2D eigenvalue weighted by Crippen LogP contribution is -2.41. The molecule has 2 rings (SSSR count). The number of hydrogen-bond donors (Lipinski definition) is 2. The van der Waals surface area contributed by atoms with Crippen LogP contribution in [0, 0.1) is 5.41 Å². The molecule has 2 N–H and O–H groups in total. The van der Waals surface area contributed by atoms with Crippen LogP contribution in [0.25, 0.3) is 0 Å². The van der Waals surface area contributed by atoms with Gasteiger partial charge in [0, 0.05) is 38.4 Å². The summed E-state index contributed by atoms with van der Waals surface area (Å²) in [4.78, 5) is 25.0. The summed E-state index contributed by atoms with van der Waals surface area (Å²) in [5.41, 5.74) is 0.131. The second-order valence-corrected chi connectivity index (χ2v) is 5.29. The van der Waals surface area contributed by atoms with Gasteiger partial charge in [0.25, 0.3) is 0 Å². The summed E-state index contributed by atoms with van der Waals surface area (Å²) in [5.74, 6) is -0.817. The Kier molecular flexibility index (Phi) is 3.96. The molecule has 0 radical (unpaired) electrons. The van der Waals surface area contributed by atoms with Gasteiger partial charge in [-0.15, -0.1) is 0 Å². The van der Waals surface area contributed by atoms with Crippen LogP contribution in [0.2, 0.25) is 0 Å². The Hall–Kier alpha value is -2.05. The van der Waals surface area contributed by atoms with Crippen LogP contribution in [0.15, 0.2) is 12.4 Å². The zero-order chi connectivity index (χ0) is 14.8. The molecule has 2 heterocycles. The SMILES string of the molecule is CCC1(C(=O)O)CCN(C(=O)NCc2cnn(C)c2)C1. The van der Waals surface area contributed by atoms with Gasteiger partial charge in [-0.25, -0.2) is 4.79 Å². The molecule has 0 bridgehead atoms. The highest BCUT2D eigenvalue weighted by atomic mass is 16.4. The fraction of sp³-hybridized carbons (Fsp3) is 0.615. The lowest BCUT2D eigenvalue weighted by atomic mass is 9.84. The van der Waals surface area contributed by atoms with Crippen molar-refractivity contribution in [3.05, 3.63) is 18.0 Å². The summed E-state index contributed by atoms with van der Waals surface area (Å²) in [6, 6.07) is -0.217. The molecule has 1 saturated heterocycles. The molecule has 1 fully saturated rings. The van der Waals surface area contributed by atoms with Crippen molar-refractivity contribution in [3.8, 4) is 0 Å². The third-order valence-electron chi connectivity index (χ3n) is 3.97. The minimum absolute atomic E-state index is 0.217. The minimum Gasteiger partial charge on any atom is -0.481 e. The summed E-state index contributed by atoms with van der Waals surface area (Å²) >= 11 is 0. The number of carboxylic acids is 1. The summed E-state index contributed by atoms with van der Waals surface area (Å²) < 4.78 is 1.67. The molecule has 1 aromatic rings. The van der Waals surface area contributed by atoms with E-state index in [1.54, 1.807) is 15.8 Å². The molecule has 20 heavy (non-hydrogen) atoms. The fourth-order valence-electron chi connectivity index (χ4n) is 2.51. The average Bonchev–Trinajstić information content (AvgIpc) is 3.03. The Morgan fingerprint density at radius 1 is 1.55 bits per heavy atom. The predicted octanol–water partition coefficient (Wildman–Crippen LogP) is 0.816. The van der Waals surface area contributed by atoms with Gasteiger partial charge in [0.1, 0.15) is 0 Å². The molecule has 1 aliphatic heterocycles. The molecule has 1 atom stereocenters. The van der Waals surface area contributed by atoms with Crippen LogP contribution < -0.4 is 5.32 Å². The zero-order valence-electron chi connectivity index (χ0n) is 11.8. The van der Waals surface area contributed by atoms with Crippen molar-refractivity contribution in [3.63, 3.8) is 0 Å². The number of nitrogens with one attached hydrogen (secondary N) is 1. The van der Waals surface area contributed by atoms with Crippen molar-refractivity contribution in [1.29, 1.82) is 0 Å². The fourth-order valence-corrected chi connectivity index (χ4v) is 2.51. The maximum absolute atomic E-state index is 12.0. The molecule has 0 aromatic carbocycles. The number of nitrogens with zero attached hydrogens (tertiary/aromatic N) is 3. The van der Waals surface area contributed by atoms with E-state index in [0.717, 1.165) is 5.56 Å². The number of aromatic nitrogens is 2. The van der Waals surface area contributed by atoms with E-state index < -0.39 is 11.4 Å². The van der Waals surface area contributed by atoms with Gasteiger partial charge in [-0.3, -0.25) is 9.48 Å². The molecule has 7 heteroatoms. The number of carbonyl (C=O) groups excluding carboxylic acids is 1. The number of carboxylic acid groups (broad SMARTS) is 1. The molecular weight excluding hydrogens is 260 g/mol. The van der Waals surface area contributed by atoms with Gasteiger partial charge < -0.3 is 15.3 Å². The van der Waals surface area contributed by atoms with Gasteiger partial charge in [0.05, 0.1) is 11.6 Å². The van der Waals surface area contributed by atoms with Crippen LogP contribution in [-0.2, 0) is 18.4 Å². The van der Waals surface area contributed by atoms with E-state index in [2.05, 4.69) is 10.4 Å². The third kappa shape index (κ3) is 2.76. The minimum atomic E-state index is -0.817. The van der Waals surface area contributed by atoms with Crippen molar-refractivity contribution < 1.29 is 14.7 Å². The van der Waals surface area contributed by atoms with Crippen LogP contribution in [0.4, 0.5) is 4.79 Å². The van der Waals surface area contributed by atoms with Gasteiger partial charge >= 0.3 is 12.0 Å². The molecule has 0 spiro atoms. The van der Waals surface area contributed by atoms with E-state index in [0.29, 0.717) is 25.9 Å². The lowest BCUT2D eigenvalue weighted by Gasteiger charge is -2.23. The quantitative estimate of drug-likeness (QED) is 0.854. The largest absolute Gasteiger partial charge is 0.481 e. The Morgan fingerprint density at radius 3 is 2.80 bits per heavy atom. The highest BCUT2D eigenvalue weighted by Crippen LogP contribution is 2.34. The molecule has 7 nitrogen and oxygen atoms in total. The highest BCUT2D eigenvalue weighted by molar-refractivity contribution is 5.79. The van der Waals surface area contributed by atoms with Crippen LogP contribution >= 0.6 is 0 Å².